The predicted molar refractivity (Wildman–Crippen MR) is 190 cm³/mol. The number of epoxide rings is 1. The SMILES string of the molecule is CC(CC/C=C/C(N)=O)C1OC1c1ccccc1.CCC(=O)OC(CC(C)C)C(=O)O.CCNC(C)=O.CCc1ccc(OC)c(Cl)c1. The van der Waals surface area contributed by atoms with E-state index in [9.17, 15) is 19.2 Å². The zero-order chi connectivity index (χ0) is 36.6. The summed E-state index contributed by atoms with van der Waals surface area (Å²) in [6.07, 6.45) is 6.28. The molecule has 1 aliphatic heterocycles. The molecule has 48 heavy (non-hydrogen) atoms. The van der Waals surface area contributed by atoms with Crippen molar-refractivity contribution in [2.75, 3.05) is 13.7 Å². The van der Waals surface area contributed by atoms with E-state index in [0.29, 0.717) is 23.5 Å². The number of carboxylic acids is 1. The molecule has 0 saturated carbocycles. The minimum Gasteiger partial charge on any atom is -0.495 e. The van der Waals surface area contributed by atoms with Crippen molar-refractivity contribution in [3.05, 3.63) is 76.8 Å². The summed E-state index contributed by atoms with van der Waals surface area (Å²) in [6.45, 7) is 13.8. The molecule has 10 nitrogen and oxygen atoms in total. The molecule has 4 N–H and O–H groups in total. The summed E-state index contributed by atoms with van der Waals surface area (Å²) < 4.78 is 15.5. The Morgan fingerprint density at radius 2 is 1.71 bits per heavy atom. The first-order chi connectivity index (χ1) is 22.7. The Morgan fingerprint density at radius 3 is 2.15 bits per heavy atom. The van der Waals surface area contributed by atoms with Crippen molar-refractivity contribution in [2.24, 2.45) is 17.6 Å². The van der Waals surface area contributed by atoms with Gasteiger partial charge in [0, 0.05) is 19.9 Å². The highest BCUT2D eigenvalue weighted by Crippen LogP contribution is 2.44. The lowest BCUT2D eigenvalue weighted by Crippen LogP contribution is -2.28. The number of aliphatic carboxylic acids is 1. The third-order valence-corrected chi connectivity index (χ3v) is 7.15. The summed E-state index contributed by atoms with van der Waals surface area (Å²) in [7, 11) is 1.62. The molecule has 1 aliphatic rings. The van der Waals surface area contributed by atoms with E-state index in [4.69, 9.17) is 36.7 Å². The number of esters is 1. The average molecular weight is 691 g/mol. The largest absolute Gasteiger partial charge is 0.495 e. The van der Waals surface area contributed by atoms with E-state index in [-0.39, 0.29) is 30.3 Å². The molecule has 0 bridgehead atoms. The highest BCUT2D eigenvalue weighted by molar-refractivity contribution is 6.32. The van der Waals surface area contributed by atoms with Crippen LogP contribution in [0.1, 0.15) is 91.4 Å². The number of rotatable bonds is 14. The van der Waals surface area contributed by atoms with Gasteiger partial charge in [-0.1, -0.05) is 88.7 Å². The van der Waals surface area contributed by atoms with Crippen LogP contribution in [0.3, 0.4) is 0 Å². The molecule has 0 spiro atoms. The van der Waals surface area contributed by atoms with Crippen molar-refractivity contribution in [2.45, 2.75) is 98.9 Å². The lowest BCUT2D eigenvalue weighted by Gasteiger charge is -2.14. The smallest absolute Gasteiger partial charge is 0.345 e. The number of carbonyl (C=O) groups excluding carboxylic acids is 3. The number of allylic oxidation sites excluding steroid dienone is 1. The molecule has 0 aromatic heterocycles. The standard InChI is InChI=1S/C15H19NO2.C9H11ClO.C9H16O4.C4H9NO/c1-11(7-5-6-10-13(16)17)14-15(18-14)12-8-3-2-4-9-12;1-3-7-4-5-9(11-2)8(10)6-7;1-4-8(10)13-7(9(11)12)5-6(2)3;1-3-5-4(2)6/h2-4,6,8-11,14-15H,5,7H2,1H3,(H2,16,17);4-6H,3H2,1-2H3;6-7H,4-5H2,1-3H3,(H,11,12);3H2,1-2H3,(H,5,6)/b10-6+;;;. The molecule has 1 fully saturated rings. The summed E-state index contributed by atoms with van der Waals surface area (Å²) in [4.78, 5) is 41.9. The number of hydrogen-bond donors (Lipinski definition) is 3. The minimum atomic E-state index is -1.07. The van der Waals surface area contributed by atoms with Gasteiger partial charge in [0.1, 0.15) is 11.9 Å². The Labute approximate surface area is 291 Å². The number of ether oxygens (including phenoxy) is 3. The maximum atomic E-state index is 10.8. The number of nitrogens with one attached hydrogen (secondary N) is 1. The van der Waals surface area contributed by atoms with Crippen molar-refractivity contribution < 1.29 is 38.5 Å². The van der Waals surface area contributed by atoms with Crippen LogP contribution < -0.4 is 15.8 Å². The maximum absolute atomic E-state index is 10.8. The molecular formula is C37H55ClN2O8. The molecule has 1 heterocycles. The first-order valence-corrected chi connectivity index (χ1v) is 16.7. The molecule has 1 saturated heterocycles. The van der Waals surface area contributed by atoms with E-state index in [1.807, 2.05) is 63.2 Å². The molecule has 4 unspecified atom stereocenters. The van der Waals surface area contributed by atoms with E-state index in [0.717, 1.165) is 31.6 Å². The Hall–Kier alpha value is -3.89. The lowest BCUT2D eigenvalue weighted by atomic mass is 9.97. The van der Waals surface area contributed by atoms with E-state index >= 15 is 0 Å². The third-order valence-electron chi connectivity index (χ3n) is 6.86. The quantitative estimate of drug-likeness (QED) is 0.108. The van der Waals surface area contributed by atoms with Gasteiger partial charge < -0.3 is 30.4 Å². The Morgan fingerprint density at radius 1 is 1.06 bits per heavy atom. The third kappa shape index (κ3) is 20.4. The molecule has 268 valence electrons. The lowest BCUT2D eigenvalue weighted by molar-refractivity contribution is -0.164. The number of primary amides is 1. The number of methoxy groups -OCH3 is 1. The van der Waals surface area contributed by atoms with E-state index in [1.54, 1.807) is 14.0 Å². The fourth-order valence-corrected chi connectivity index (χ4v) is 4.52. The van der Waals surface area contributed by atoms with Crippen LogP contribution in [0.25, 0.3) is 0 Å². The molecule has 0 radical (unpaired) electrons. The van der Waals surface area contributed by atoms with E-state index in [2.05, 4.69) is 31.3 Å². The second-order valence-corrected chi connectivity index (χ2v) is 11.9. The van der Waals surface area contributed by atoms with Crippen molar-refractivity contribution in [3.8, 4) is 5.75 Å². The Bertz CT molecular complexity index is 1270. The molecule has 0 aliphatic carbocycles. The average Bonchev–Trinajstić information content (AvgIpc) is 3.85. The van der Waals surface area contributed by atoms with Crippen molar-refractivity contribution in [3.63, 3.8) is 0 Å². The zero-order valence-electron chi connectivity index (χ0n) is 29.7. The van der Waals surface area contributed by atoms with Crippen LogP contribution in [-0.2, 0) is 35.1 Å². The maximum Gasteiger partial charge on any atom is 0.345 e. The number of hydrogen-bond acceptors (Lipinski definition) is 7. The van der Waals surface area contributed by atoms with Crippen molar-refractivity contribution >= 4 is 35.4 Å². The predicted octanol–water partition coefficient (Wildman–Crippen LogP) is 7.08. The van der Waals surface area contributed by atoms with Gasteiger partial charge in [0.25, 0.3) is 0 Å². The molecule has 11 heteroatoms. The first kappa shape index (κ1) is 44.1. The van der Waals surface area contributed by atoms with Gasteiger partial charge in [0.15, 0.2) is 6.10 Å². The fraction of sp³-hybridized carbons (Fsp3) is 0.514. The molecule has 2 aromatic carbocycles. The number of halogens is 1. The Balaban J connectivity index is 0.000000654. The topological polar surface area (TPSA) is 158 Å². The number of benzene rings is 2. The molecular weight excluding hydrogens is 636 g/mol. The van der Waals surface area contributed by atoms with Gasteiger partial charge in [-0.25, -0.2) is 4.79 Å². The van der Waals surface area contributed by atoms with Gasteiger partial charge in [-0.3, -0.25) is 14.4 Å². The Kier molecular flexibility index (Phi) is 23.1. The number of carbonyl (C=O) groups is 4. The monoisotopic (exact) mass is 690 g/mol. The van der Waals surface area contributed by atoms with Crippen LogP contribution in [0, 0.1) is 11.8 Å². The van der Waals surface area contributed by atoms with Gasteiger partial charge in [0.2, 0.25) is 11.8 Å². The van der Waals surface area contributed by atoms with Crippen molar-refractivity contribution in [1.82, 2.24) is 5.32 Å². The number of aryl methyl sites for hydroxylation is 1. The normalized spacial score (nSPS) is 15.6. The first-order valence-electron chi connectivity index (χ1n) is 16.4. The van der Waals surface area contributed by atoms with Gasteiger partial charge in [0.05, 0.1) is 18.2 Å². The van der Waals surface area contributed by atoms with Crippen LogP contribution in [0.15, 0.2) is 60.7 Å². The summed E-state index contributed by atoms with van der Waals surface area (Å²) >= 11 is 5.88. The van der Waals surface area contributed by atoms with Crippen LogP contribution in [-0.4, -0.2) is 54.7 Å². The number of amides is 2. The number of nitrogens with two attached hydrogens (primary N) is 1. The second kappa shape index (κ2) is 25.2. The van der Waals surface area contributed by atoms with Crippen LogP contribution >= 0.6 is 11.6 Å². The summed E-state index contributed by atoms with van der Waals surface area (Å²) in [5, 5.41) is 11.9. The fourth-order valence-electron chi connectivity index (χ4n) is 4.24. The van der Waals surface area contributed by atoms with E-state index < -0.39 is 18.0 Å². The van der Waals surface area contributed by atoms with Gasteiger partial charge >= 0.3 is 11.9 Å². The molecule has 2 amide bonds. The van der Waals surface area contributed by atoms with Gasteiger partial charge in [-0.15, -0.1) is 0 Å². The van der Waals surface area contributed by atoms with Gasteiger partial charge in [-0.2, -0.15) is 0 Å². The van der Waals surface area contributed by atoms with Crippen LogP contribution in [0.4, 0.5) is 0 Å². The minimum absolute atomic E-state index is 0.0394. The van der Waals surface area contributed by atoms with E-state index in [1.165, 1.54) is 24.1 Å². The van der Waals surface area contributed by atoms with Crippen LogP contribution in [0.2, 0.25) is 5.02 Å². The second-order valence-electron chi connectivity index (χ2n) is 11.5. The van der Waals surface area contributed by atoms with Crippen LogP contribution in [0.5, 0.6) is 5.75 Å². The zero-order valence-corrected chi connectivity index (χ0v) is 30.4. The highest BCUT2D eigenvalue weighted by atomic mass is 35.5. The number of carboxylic acid groups (broad SMARTS) is 1. The summed E-state index contributed by atoms with van der Waals surface area (Å²) in [5.41, 5.74) is 7.51. The van der Waals surface area contributed by atoms with Crippen molar-refractivity contribution in [1.29, 1.82) is 0 Å². The summed E-state index contributed by atoms with van der Waals surface area (Å²) in [6, 6.07) is 16.1. The summed E-state index contributed by atoms with van der Waals surface area (Å²) in [5.74, 6) is -0.448. The molecule has 4 atom stereocenters. The highest BCUT2D eigenvalue weighted by Gasteiger charge is 2.43. The van der Waals surface area contributed by atoms with Gasteiger partial charge in [-0.05, 0) is 73.8 Å². The molecule has 2 aromatic rings. The molecule has 3 rings (SSSR count).